The van der Waals surface area contributed by atoms with E-state index in [0.29, 0.717) is 5.76 Å². The second-order valence-electron chi connectivity index (χ2n) is 2.86. The van der Waals surface area contributed by atoms with Crippen LogP contribution in [-0.4, -0.2) is 10.3 Å². The van der Waals surface area contributed by atoms with Crippen molar-refractivity contribution in [2.24, 2.45) is 0 Å². The average molecular weight is 229 g/mol. The molecule has 0 spiro atoms. The van der Waals surface area contributed by atoms with Crippen LogP contribution in [0.5, 0.6) is 0 Å². The van der Waals surface area contributed by atoms with E-state index >= 15 is 0 Å². The zero-order valence-corrected chi connectivity index (χ0v) is 8.55. The number of rotatable bonds is 1. The summed E-state index contributed by atoms with van der Waals surface area (Å²) in [4.78, 5) is 11.2. The van der Waals surface area contributed by atoms with Crippen molar-refractivity contribution < 1.29 is 9.53 Å². The minimum absolute atomic E-state index is 0.403. The molecular formula is C10H6Cl2O2. The maximum absolute atomic E-state index is 11.2. The van der Waals surface area contributed by atoms with Crippen LogP contribution in [0, 0.1) is 0 Å². The van der Waals surface area contributed by atoms with Crippen LogP contribution in [0.2, 0.25) is 0 Å². The van der Waals surface area contributed by atoms with Gasteiger partial charge in [-0.05, 0) is 23.2 Å². The Bertz CT molecular complexity index is 396. The molecule has 0 N–H and O–H groups in total. The number of alkyl halides is 2. The number of benzene rings is 1. The fourth-order valence-electron chi connectivity index (χ4n) is 1.17. The average Bonchev–Trinajstić information content (AvgIpc) is 2.43. The van der Waals surface area contributed by atoms with E-state index in [0.717, 1.165) is 5.56 Å². The van der Waals surface area contributed by atoms with Gasteiger partial charge in [0.1, 0.15) is 5.76 Å². The summed E-state index contributed by atoms with van der Waals surface area (Å²) in [5.74, 6) is -0.0414. The number of ether oxygens (including phenoxy) is 1. The minimum atomic E-state index is -1.76. The molecule has 0 atom stereocenters. The Morgan fingerprint density at radius 3 is 2.29 bits per heavy atom. The van der Waals surface area contributed by atoms with E-state index in [-0.39, 0.29) is 0 Å². The van der Waals surface area contributed by atoms with Crippen molar-refractivity contribution in [2.75, 3.05) is 0 Å². The molecule has 0 saturated carbocycles. The molecule has 0 aromatic heterocycles. The van der Waals surface area contributed by atoms with Crippen LogP contribution in [0.15, 0.2) is 36.4 Å². The third-order valence-corrected chi connectivity index (χ3v) is 2.37. The number of carbonyl (C=O) groups is 1. The molecule has 0 aliphatic carbocycles. The Kier molecular flexibility index (Phi) is 2.25. The Labute approximate surface area is 91.1 Å². The van der Waals surface area contributed by atoms with Gasteiger partial charge in [-0.2, -0.15) is 0 Å². The van der Waals surface area contributed by atoms with Crippen molar-refractivity contribution in [3.63, 3.8) is 0 Å². The van der Waals surface area contributed by atoms with Gasteiger partial charge in [0.2, 0.25) is 5.78 Å². The molecule has 1 aromatic carbocycles. The number of hydrogen-bond acceptors (Lipinski definition) is 2. The number of halogens is 2. The number of hydrogen-bond donors (Lipinski definition) is 0. The van der Waals surface area contributed by atoms with E-state index in [1.807, 2.05) is 30.3 Å². The van der Waals surface area contributed by atoms with Crippen molar-refractivity contribution in [1.82, 2.24) is 0 Å². The predicted molar refractivity (Wildman–Crippen MR) is 54.9 cm³/mol. The Hall–Kier alpha value is -0.990. The monoisotopic (exact) mass is 228 g/mol. The van der Waals surface area contributed by atoms with Gasteiger partial charge in [-0.1, -0.05) is 30.3 Å². The fraction of sp³-hybridized carbons (Fsp3) is 0.100. The quantitative estimate of drug-likeness (QED) is 0.692. The van der Waals surface area contributed by atoms with E-state index in [1.54, 1.807) is 0 Å². The molecule has 2 nitrogen and oxygen atoms in total. The van der Waals surface area contributed by atoms with Crippen LogP contribution in [0.3, 0.4) is 0 Å². The van der Waals surface area contributed by atoms with Gasteiger partial charge < -0.3 is 4.74 Å². The highest BCUT2D eigenvalue weighted by atomic mass is 35.5. The highest BCUT2D eigenvalue weighted by Gasteiger charge is 2.41. The van der Waals surface area contributed by atoms with E-state index in [9.17, 15) is 4.79 Å². The molecule has 1 aromatic rings. The van der Waals surface area contributed by atoms with Crippen molar-refractivity contribution in [2.45, 2.75) is 4.52 Å². The lowest BCUT2D eigenvalue weighted by atomic mass is 10.2. The molecule has 0 unspecified atom stereocenters. The second kappa shape index (κ2) is 3.30. The zero-order chi connectivity index (χ0) is 10.2. The van der Waals surface area contributed by atoms with Crippen LogP contribution in [0.4, 0.5) is 0 Å². The summed E-state index contributed by atoms with van der Waals surface area (Å²) in [6, 6.07) is 9.18. The Balaban J connectivity index is 2.33. The highest BCUT2D eigenvalue weighted by molar-refractivity contribution is 6.59. The first-order valence-electron chi connectivity index (χ1n) is 3.98. The molecule has 14 heavy (non-hydrogen) atoms. The van der Waals surface area contributed by atoms with Gasteiger partial charge in [0.05, 0.1) is 0 Å². The summed E-state index contributed by atoms with van der Waals surface area (Å²) in [6.07, 6.45) is 1.30. The van der Waals surface area contributed by atoms with Gasteiger partial charge in [-0.25, -0.2) is 0 Å². The third-order valence-electron chi connectivity index (χ3n) is 1.85. The van der Waals surface area contributed by atoms with E-state index in [1.165, 1.54) is 6.08 Å². The lowest BCUT2D eigenvalue weighted by Crippen LogP contribution is -2.20. The van der Waals surface area contributed by atoms with Crippen LogP contribution in [-0.2, 0) is 9.53 Å². The lowest BCUT2D eigenvalue weighted by molar-refractivity contribution is -0.118. The van der Waals surface area contributed by atoms with E-state index in [2.05, 4.69) is 0 Å². The maximum Gasteiger partial charge on any atom is 0.322 e. The van der Waals surface area contributed by atoms with Crippen LogP contribution >= 0.6 is 23.2 Å². The summed E-state index contributed by atoms with van der Waals surface area (Å²) in [5, 5.41) is 0. The highest BCUT2D eigenvalue weighted by Crippen LogP contribution is 2.37. The van der Waals surface area contributed by atoms with Gasteiger partial charge in [-0.15, -0.1) is 0 Å². The van der Waals surface area contributed by atoms with Crippen molar-refractivity contribution >= 4 is 34.7 Å². The molecule has 0 bridgehead atoms. The number of carbonyl (C=O) groups excluding carboxylic acids is 1. The van der Waals surface area contributed by atoms with Crippen LogP contribution < -0.4 is 0 Å². The van der Waals surface area contributed by atoms with Crippen molar-refractivity contribution in [1.29, 1.82) is 0 Å². The van der Waals surface area contributed by atoms with Gasteiger partial charge in [0.25, 0.3) is 0 Å². The molecule has 0 saturated heterocycles. The lowest BCUT2D eigenvalue weighted by Gasteiger charge is -2.12. The van der Waals surface area contributed by atoms with Gasteiger partial charge >= 0.3 is 4.52 Å². The summed E-state index contributed by atoms with van der Waals surface area (Å²) < 4.78 is 3.33. The largest absolute Gasteiger partial charge is 0.450 e. The number of ketones is 1. The Morgan fingerprint density at radius 1 is 1.14 bits per heavy atom. The third kappa shape index (κ3) is 1.63. The summed E-state index contributed by atoms with van der Waals surface area (Å²) in [6.45, 7) is 0. The molecule has 4 heteroatoms. The minimum Gasteiger partial charge on any atom is -0.450 e. The Morgan fingerprint density at radius 2 is 1.79 bits per heavy atom. The van der Waals surface area contributed by atoms with Gasteiger partial charge in [0, 0.05) is 11.6 Å². The van der Waals surface area contributed by atoms with Gasteiger partial charge in [0.15, 0.2) is 0 Å². The maximum atomic E-state index is 11.2. The zero-order valence-electron chi connectivity index (χ0n) is 7.04. The van der Waals surface area contributed by atoms with Gasteiger partial charge in [-0.3, -0.25) is 4.79 Å². The molecule has 1 aliphatic heterocycles. The van der Waals surface area contributed by atoms with Crippen LogP contribution in [0.25, 0.3) is 5.76 Å². The molecule has 0 radical (unpaired) electrons. The van der Waals surface area contributed by atoms with E-state index < -0.39 is 10.3 Å². The molecule has 0 amide bonds. The molecular weight excluding hydrogens is 223 g/mol. The molecule has 1 heterocycles. The predicted octanol–water partition coefficient (Wildman–Crippen LogP) is 2.76. The summed E-state index contributed by atoms with van der Waals surface area (Å²) >= 11 is 11.2. The molecule has 1 aliphatic rings. The SMILES string of the molecule is O=C1C=C(c2ccccc2)OC1(Cl)Cl. The first-order valence-corrected chi connectivity index (χ1v) is 4.73. The van der Waals surface area contributed by atoms with Crippen LogP contribution in [0.1, 0.15) is 5.56 Å². The topological polar surface area (TPSA) is 26.3 Å². The molecule has 0 fully saturated rings. The summed E-state index contributed by atoms with van der Waals surface area (Å²) in [7, 11) is 0. The van der Waals surface area contributed by atoms with E-state index in [4.69, 9.17) is 27.9 Å². The van der Waals surface area contributed by atoms with Crippen molar-refractivity contribution in [3.05, 3.63) is 42.0 Å². The smallest absolute Gasteiger partial charge is 0.322 e. The normalized spacial score (nSPS) is 19.0. The fourth-order valence-corrected chi connectivity index (χ4v) is 1.44. The summed E-state index contributed by atoms with van der Waals surface area (Å²) in [5.41, 5.74) is 0.782. The molecule has 72 valence electrons. The first kappa shape index (κ1) is 9.56. The standard InChI is InChI=1S/C10H6Cl2O2/c11-10(12)9(13)6-8(14-10)7-4-2-1-3-5-7/h1-6H. The molecule has 2 rings (SSSR count). The first-order chi connectivity index (χ1) is 6.59. The van der Waals surface area contributed by atoms with Crippen molar-refractivity contribution in [3.8, 4) is 0 Å². The second-order valence-corrected chi connectivity index (χ2v) is 4.12.